The van der Waals surface area contributed by atoms with E-state index < -0.39 is 0 Å². The topological polar surface area (TPSA) is 48.1 Å². The molecule has 0 spiro atoms. The highest BCUT2D eigenvalue weighted by Crippen LogP contribution is 2.39. The molecular formula is C17H24N2OS. The minimum Gasteiger partial charge on any atom is -0.493 e. The fourth-order valence-electron chi connectivity index (χ4n) is 2.22. The van der Waals surface area contributed by atoms with Crippen LogP contribution in [0.2, 0.25) is 0 Å². The molecule has 0 fully saturated rings. The van der Waals surface area contributed by atoms with Crippen molar-refractivity contribution < 1.29 is 4.74 Å². The van der Waals surface area contributed by atoms with Crippen molar-refractivity contribution in [1.82, 2.24) is 4.98 Å². The Balaban J connectivity index is 2.56. The number of hydrogen-bond donors (Lipinski definition) is 1. The average molecular weight is 304 g/mol. The Morgan fingerprint density at radius 1 is 1.29 bits per heavy atom. The number of benzene rings is 1. The average Bonchev–Trinajstić information content (AvgIpc) is 2.85. The summed E-state index contributed by atoms with van der Waals surface area (Å²) in [6.45, 7) is 11.2. The molecule has 0 saturated heterocycles. The van der Waals surface area contributed by atoms with Crippen LogP contribution in [0.15, 0.2) is 24.3 Å². The van der Waals surface area contributed by atoms with Gasteiger partial charge in [0.05, 0.1) is 17.9 Å². The molecule has 1 unspecified atom stereocenters. The van der Waals surface area contributed by atoms with Gasteiger partial charge in [-0.3, -0.25) is 0 Å². The molecule has 0 aliphatic carbocycles. The van der Waals surface area contributed by atoms with Gasteiger partial charge in [-0.1, -0.05) is 32.9 Å². The number of hydrogen-bond acceptors (Lipinski definition) is 4. The van der Waals surface area contributed by atoms with Crippen LogP contribution < -0.4 is 10.5 Å². The van der Waals surface area contributed by atoms with E-state index in [9.17, 15) is 0 Å². The third kappa shape index (κ3) is 3.44. The molecule has 0 aliphatic rings. The van der Waals surface area contributed by atoms with Crippen molar-refractivity contribution in [2.75, 3.05) is 6.61 Å². The van der Waals surface area contributed by atoms with Crippen molar-refractivity contribution in [1.29, 1.82) is 0 Å². The summed E-state index contributed by atoms with van der Waals surface area (Å²) in [5.74, 6) is 0.880. The largest absolute Gasteiger partial charge is 0.493 e. The van der Waals surface area contributed by atoms with Crippen molar-refractivity contribution in [3.63, 3.8) is 0 Å². The van der Waals surface area contributed by atoms with Crippen LogP contribution >= 0.6 is 11.3 Å². The van der Waals surface area contributed by atoms with Gasteiger partial charge in [-0.15, -0.1) is 11.3 Å². The minimum atomic E-state index is -0.0156. The predicted molar refractivity (Wildman–Crippen MR) is 90.0 cm³/mol. The number of aromatic nitrogens is 1. The van der Waals surface area contributed by atoms with Gasteiger partial charge in [0, 0.05) is 16.3 Å². The first-order valence-corrected chi connectivity index (χ1v) is 8.15. The highest BCUT2D eigenvalue weighted by atomic mass is 32.1. The van der Waals surface area contributed by atoms with E-state index in [1.54, 1.807) is 11.3 Å². The second-order valence-corrected chi connectivity index (χ2v) is 7.23. The van der Waals surface area contributed by atoms with E-state index in [1.165, 1.54) is 0 Å². The predicted octanol–water partition coefficient (Wildman–Crippen LogP) is 4.53. The second-order valence-electron chi connectivity index (χ2n) is 6.20. The first-order valence-electron chi connectivity index (χ1n) is 7.33. The van der Waals surface area contributed by atoms with Gasteiger partial charge in [-0.25, -0.2) is 4.98 Å². The molecule has 1 aromatic carbocycles. The number of para-hydroxylation sites is 1. The van der Waals surface area contributed by atoms with Crippen molar-refractivity contribution in [2.45, 2.75) is 46.1 Å². The van der Waals surface area contributed by atoms with Gasteiger partial charge in [0.1, 0.15) is 10.8 Å². The molecule has 0 bridgehead atoms. The number of nitrogens with two attached hydrogens (primary N) is 1. The van der Waals surface area contributed by atoms with Crippen LogP contribution in [0.25, 0.3) is 10.6 Å². The van der Waals surface area contributed by atoms with E-state index in [2.05, 4.69) is 26.8 Å². The Labute approximate surface area is 131 Å². The van der Waals surface area contributed by atoms with Gasteiger partial charge in [0.15, 0.2) is 0 Å². The Bertz CT molecular complexity index is 611. The Kier molecular flexibility index (Phi) is 4.69. The van der Waals surface area contributed by atoms with Crippen molar-refractivity contribution in [3.8, 4) is 16.3 Å². The van der Waals surface area contributed by atoms with Gasteiger partial charge in [-0.2, -0.15) is 0 Å². The lowest BCUT2D eigenvalue weighted by molar-refractivity contribution is 0.341. The lowest BCUT2D eigenvalue weighted by Gasteiger charge is -2.18. The third-order valence-corrected chi connectivity index (χ3v) is 4.48. The summed E-state index contributed by atoms with van der Waals surface area (Å²) in [4.78, 5) is 6.03. The summed E-state index contributed by atoms with van der Waals surface area (Å²) >= 11 is 1.67. The maximum absolute atomic E-state index is 6.14. The van der Waals surface area contributed by atoms with Crippen molar-refractivity contribution in [2.24, 2.45) is 5.73 Å². The molecule has 1 heterocycles. The molecule has 2 N–H and O–H groups in total. The monoisotopic (exact) mass is 304 g/mol. The van der Waals surface area contributed by atoms with Crippen LogP contribution in [-0.4, -0.2) is 11.6 Å². The fourth-order valence-corrected chi connectivity index (χ4v) is 3.48. The van der Waals surface area contributed by atoms with E-state index in [-0.39, 0.29) is 11.5 Å². The van der Waals surface area contributed by atoms with Crippen molar-refractivity contribution in [3.05, 3.63) is 34.8 Å². The summed E-state index contributed by atoms with van der Waals surface area (Å²) in [5, 5.41) is 0.983. The van der Waals surface area contributed by atoms with Gasteiger partial charge >= 0.3 is 0 Å². The zero-order chi connectivity index (χ0) is 15.6. The van der Waals surface area contributed by atoms with Crippen LogP contribution in [0.1, 0.15) is 51.2 Å². The Morgan fingerprint density at radius 2 is 1.95 bits per heavy atom. The number of ether oxygens (including phenoxy) is 1. The highest BCUT2D eigenvalue weighted by molar-refractivity contribution is 7.15. The zero-order valence-electron chi connectivity index (χ0n) is 13.4. The second kappa shape index (κ2) is 6.16. The third-order valence-electron chi connectivity index (χ3n) is 3.19. The Hall–Kier alpha value is -1.39. The summed E-state index contributed by atoms with van der Waals surface area (Å²) in [7, 11) is 0. The molecule has 1 aromatic heterocycles. The van der Waals surface area contributed by atoms with E-state index in [0.29, 0.717) is 6.61 Å². The molecule has 0 amide bonds. The maximum Gasteiger partial charge on any atom is 0.129 e. The Morgan fingerprint density at radius 3 is 2.48 bits per heavy atom. The van der Waals surface area contributed by atoms with E-state index in [1.807, 2.05) is 32.0 Å². The summed E-state index contributed by atoms with van der Waals surface area (Å²) in [5.41, 5.74) is 8.25. The van der Waals surface area contributed by atoms with Crippen molar-refractivity contribution >= 4 is 11.3 Å². The van der Waals surface area contributed by atoms with Gasteiger partial charge in [-0.05, 0) is 26.0 Å². The van der Waals surface area contributed by atoms with E-state index in [0.717, 1.165) is 26.9 Å². The van der Waals surface area contributed by atoms with Crippen LogP contribution in [0.5, 0.6) is 5.75 Å². The van der Waals surface area contributed by atoms with E-state index in [4.69, 9.17) is 15.5 Å². The lowest BCUT2D eigenvalue weighted by atomic mass is 9.90. The SMILES string of the molecule is CCOc1ccccc1-c1nc(C(C)(C)C)c(C(C)N)s1. The van der Waals surface area contributed by atoms with Gasteiger partial charge in [0.2, 0.25) is 0 Å². The van der Waals surface area contributed by atoms with Crippen LogP contribution in [0.4, 0.5) is 0 Å². The summed E-state index contributed by atoms with van der Waals surface area (Å²) in [6, 6.07) is 8.04. The maximum atomic E-state index is 6.14. The van der Waals surface area contributed by atoms with Gasteiger partial charge in [0.25, 0.3) is 0 Å². The molecule has 2 rings (SSSR count). The molecular weight excluding hydrogens is 280 g/mol. The molecule has 0 radical (unpaired) electrons. The number of nitrogens with zero attached hydrogens (tertiary/aromatic N) is 1. The van der Waals surface area contributed by atoms with E-state index >= 15 is 0 Å². The smallest absolute Gasteiger partial charge is 0.129 e. The highest BCUT2D eigenvalue weighted by Gasteiger charge is 2.26. The number of rotatable bonds is 4. The molecule has 21 heavy (non-hydrogen) atoms. The minimum absolute atomic E-state index is 0.00951. The van der Waals surface area contributed by atoms with Crippen LogP contribution in [0, 0.1) is 0 Å². The van der Waals surface area contributed by atoms with Crippen LogP contribution in [0.3, 0.4) is 0 Å². The molecule has 114 valence electrons. The quantitative estimate of drug-likeness (QED) is 0.903. The molecule has 4 heteroatoms. The van der Waals surface area contributed by atoms with Gasteiger partial charge < -0.3 is 10.5 Å². The first kappa shape index (κ1) is 16.0. The summed E-state index contributed by atoms with van der Waals surface area (Å²) < 4.78 is 5.72. The standard InChI is InChI=1S/C17H24N2OS/c1-6-20-13-10-8-7-9-12(13)16-19-15(17(3,4)5)14(21-16)11(2)18/h7-11H,6,18H2,1-5H3. The molecule has 0 saturated carbocycles. The normalized spacial score (nSPS) is 13.2. The molecule has 2 aromatic rings. The molecule has 0 aliphatic heterocycles. The molecule has 3 nitrogen and oxygen atoms in total. The first-order chi connectivity index (χ1) is 9.84. The van der Waals surface area contributed by atoms with Crippen LogP contribution in [-0.2, 0) is 5.41 Å². The lowest BCUT2D eigenvalue weighted by Crippen LogP contribution is -2.17. The number of thiazole rings is 1. The molecule has 1 atom stereocenters. The fraction of sp³-hybridized carbons (Fsp3) is 0.471. The zero-order valence-corrected chi connectivity index (χ0v) is 14.3. The summed E-state index contributed by atoms with van der Waals surface area (Å²) in [6.07, 6.45) is 0.